The molecule has 2 aliphatic rings. The third-order valence-electron chi connectivity index (χ3n) is 4.32. The van der Waals surface area contributed by atoms with Crippen LogP contribution in [0.2, 0.25) is 0 Å². The standard InChI is InChI=1S/C17H24N2O2/c1-12-4-3-7-19(10-12)11-16(20)14-5-6-17-15(8-14)18-9-13(2)21-17/h5-6,8,12-13,18H,3-4,7,9-11H2,1-2H3. The van der Waals surface area contributed by atoms with Crippen LogP contribution in [0.1, 0.15) is 37.0 Å². The minimum absolute atomic E-state index is 0.175. The summed E-state index contributed by atoms with van der Waals surface area (Å²) in [6.07, 6.45) is 2.66. The number of fused-ring (bicyclic) bond motifs is 1. The van der Waals surface area contributed by atoms with Crippen molar-refractivity contribution in [2.75, 3.05) is 31.5 Å². The minimum Gasteiger partial charge on any atom is -0.487 e. The molecular formula is C17H24N2O2. The number of anilines is 1. The van der Waals surface area contributed by atoms with E-state index < -0.39 is 0 Å². The molecule has 0 radical (unpaired) electrons. The number of nitrogens with zero attached hydrogens (tertiary/aromatic N) is 1. The van der Waals surface area contributed by atoms with Crippen molar-refractivity contribution in [3.05, 3.63) is 23.8 Å². The quantitative estimate of drug-likeness (QED) is 0.868. The molecule has 114 valence electrons. The van der Waals surface area contributed by atoms with E-state index in [2.05, 4.69) is 17.1 Å². The Balaban J connectivity index is 1.67. The minimum atomic E-state index is 0.175. The van der Waals surface area contributed by atoms with Gasteiger partial charge in [0.2, 0.25) is 0 Å². The average molecular weight is 288 g/mol. The fourth-order valence-corrected chi connectivity index (χ4v) is 3.18. The van der Waals surface area contributed by atoms with Crippen molar-refractivity contribution >= 4 is 11.5 Å². The van der Waals surface area contributed by atoms with E-state index in [0.29, 0.717) is 12.5 Å². The van der Waals surface area contributed by atoms with Gasteiger partial charge < -0.3 is 10.1 Å². The summed E-state index contributed by atoms with van der Waals surface area (Å²) in [5.41, 5.74) is 1.71. The summed E-state index contributed by atoms with van der Waals surface area (Å²) in [5, 5.41) is 3.33. The second-order valence-electron chi connectivity index (χ2n) is 6.43. The Hall–Kier alpha value is -1.55. The van der Waals surface area contributed by atoms with Crippen molar-refractivity contribution in [1.29, 1.82) is 0 Å². The Morgan fingerprint density at radius 2 is 2.29 bits per heavy atom. The third-order valence-corrected chi connectivity index (χ3v) is 4.32. The van der Waals surface area contributed by atoms with Crippen molar-refractivity contribution in [1.82, 2.24) is 4.90 Å². The molecule has 1 aromatic carbocycles. The zero-order chi connectivity index (χ0) is 14.8. The Morgan fingerprint density at radius 3 is 3.10 bits per heavy atom. The second kappa shape index (κ2) is 6.06. The molecule has 2 aliphatic heterocycles. The number of ether oxygens (including phenoxy) is 1. The molecular weight excluding hydrogens is 264 g/mol. The maximum atomic E-state index is 12.5. The van der Waals surface area contributed by atoms with Gasteiger partial charge in [0.25, 0.3) is 0 Å². The summed E-state index contributed by atoms with van der Waals surface area (Å²) < 4.78 is 5.75. The van der Waals surface area contributed by atoms with E-state index in [1.807, 2.05) is 25.1 Å². The van der Waals surface area contributed by atoms with Crippen LogP contribution < -0.4 is 10.1 Å². The molecule has 4 heteroatoms. The van der Waals surface area contributed by atoms with E-state index >= 15 is 0 Å². The van der Waals surface area contributed by atoms with Crippen molar-refractivity contribution in [3.63, 3.8) is 0 Å². The summed E-state index contributed by atoms with van der Waals surface area (Å²) in [5.74, 6) is 1.75. The summed E-state index contributed by atoms with van der Waals surface area (Å²) in [4.78, 5) is 14.7. The SMILES string of the molecule is CC1CCCN(CC(=O)c2ccc3c(c2)NCC(C)O3)C1. The molecule has 0 bridgehead atoms. The highest BCUT2D eigenvalue weighted by molar-refractivity contribution is 5.98. The molecule has 0 spiro atoms. The summed E-state index contributed by atoms with van der Waals surface area (Å²) in [7, 11) is 0. The Kier molecular flexibility index (Phi) is 4.15. The monoisotopic (exact) mass is 288 g/mol. The number of rotatable bonds is 3. The lowest BCUT2D eigenvalue weighted by Gasteiger charge is -2.30. The normalized spacial score (nSPS) is 25.6. The van der Waals surface area contributed by atoms with Gasteiger partial charge in [0.1, 0.15) is 11.9 Å². The molecule has 2 heterocycles. The van der Waals surface area contributed by atoms with Crippen LogP contribution in [0, 0.1) is 5.92 Å². The Labute approximate surface area is 126 Å². The van der Waals surface area contributed by atoms with Crippen molar-refractivity contribution in [2.24, 2.45) is 5.92 Å². The van der Waals surface area contributed by atoms with Crippen molar-refractivity contribution in [2.45, 2.75) is 32.8 Å². The van der Waals surface area contributed by atoms with E-state index in [1.54, 1.807) is 0 Å². The topological polar surface area (TPSA) is 41.6 Å². The first-order valence-corrected chi connectivity index (χ1v) is 7.92. The summed E-state index contributed by atoms with van der Waals surface area (Å²) in [6.45, 7) is 7.69. The molecule has 1 fully saturated rings. The molecule has 3 rings (SSSR count). The fraction of sp³-hybridized carbons (Fsp3) is 0.588. The zero-order valence-electron chi connectivity index (χ0n) is 12.9. The van der Waals surface area contributed by atoms with Crippen LogP contribution >= 0.6 is 0 Å². The van der Waals surface area contributed by atoms with Crippen molar-refractivity contribution < 1.29 is 9.53 Å². The van der Waals surface area contributed by atoms with Gasteiger partial charge in [-0.25, -0.2) is 0 Å². The number of piperidine rings is 1. The molecule has 0 aromatic heterocycles. The number of nitrogens with one attached hydrogen (secondary N) is 1. The second-order valence-corrected chi connectivity index (χ2v) is 6.43. The summed E-state index contributed by atoms with van der Waals surface area (Å²) >= 11 is 0. The highest BCUT2D eigenvalue weighted by Crippen LogP contribution is 2.30. The molecule has 0 amide bonds. The number of carbonyl (C=O) groups excluding carboxylic acids is 1. The van der Waals surface area contributed by atoms with Gasteiger partial charge in [-0.05, 0) is 50.4 Å². The number of hydrogen-bond acceptors (Lipinski definition) is 4. The number of Topliss-reactive ketones (excluding diaryl/α,β-unsaturated/α-hetero) is 1. The first-order valence-electron chi connectivity index (χ1n) is 7.92. The predicted molar refractivity (Wildman–Crippen MR) is 84.2 cm³/mol. The fourth-order valence-electron chi connectivity index (χ4n) is 3.18. The van der Waals surface area contributed by atoms with Crippen LogP contribution in [0.5, 0.6) is 5.75 Å². The molecule has 1 aromatic rings. The van der Waals surface area contributed by atoms with Gasteiger partial charge in [-0.15, -0.1) is 0 Å². The van der Waals surface area contributed by atoms with Crippen LogP contribution in [-0.2, 0) is 0 Å². The van der Waals surface area contributed by atoms with Crippen molar-refractivity contribution in [3.8, 4) is 5.75 Å². The van der Waals surface area contributed by atoms with E-state index in [4.69, 9.17) is 4.74 Å². The van der Waals surface area contributed by atoms with Gasteiger partial charge in [-0.3, -0.25) is 9.69 Å². The van der Waals surface area contributed by atoms with E-state index in [-0.39, 0.29) is 11.9 Å². The largest absolute Gasteiger partial charge is 0.487 e. The lowest BCUT2D eigenvalue weighted by atomic mass is 9.99. The molecule has 21 heavy (non-hydrogen) atoms. The maximum absolute atomic E-state index is 12.5. The van der Waals surface area contributed by atoms with Crippen LogP contribution in [0.25, 0.3) is 0 Å². The first-order chi connectivity index (χ1) is 10.1. The number of ketones is 1. The molecule has 1 saturated heterocycles. The van der Waals surface area contributed by atoms with Gasteiger partial charge >= 0.3 is 0 Å². The van der Waals surface area contributed by atoms with E-state index in [0.717, 1.165) is 36.6 Å². The predicted octanol–water partition coefficient (Wildman–Crippen LogP) is 2.79. The Morgan fingerprint density at radius 1 is 1.43 bits per heavy atom. The van der Waals surface area contributed by atoms with Gasteiger partial charge in [-0.2, -0.15) is 0 Å². The number of carbonyl (C=O) groups is 1. The number of hydrogen-bond donors (Lipinski definition) is 1. The van der Waals surface area contributed by atoms with Gasteiger partial charge in [0.05, 0.1) is 18.8 Å². The van der Waals surface area contributed by atoms with Crippen LogP contribution in [-0.4, -0.2) is 43.0 Å². The van der Waals surface area contributed by atoms with Gasteiger partial charge in [0.15, 0.2) is 5.78 Å². The van der Waals surface area contributed by atoms with Gasteiger partial charge in [-0.1, -0.05) is 6.92 Å². The third kappa shape index (κ3) is 3.38. The van der Waals surface area contributed by atoms with E-state index in [9.17, 15) is 4.79 Å². The Bertz CT molecular complexity index is 530. The van der Waals surface area contributed by atoms with Gasteiger partial charge in [0, 0.05) is 12.1 Å². The molecule has 0 aliphatic carbocycles. The zero-order valence-corrected chi connectivity index (χ0v) is 12.9. The molecule has 0 saturated carbocycles. The lowest BCUT2D eigenvalue weighted by molar-refractivity contribution is 0.0893. The molecule has 2 atom stereocenters. The molecule has 4 nitrogen and oxygen atoms in total. The average Bonchev–Trinajstić information content (AvgIpc) is 2.46. The summed E-state index contributed by atoms with van der Waals surface area (Å²) in [6, 6.07) is 5.72. The van der Waals surface area contributed by atoms with Crippen LogP contribution in [0.15, 0.2) is 18.2 Å². The van der Waals surface area contributed by atoms with Crippen LogP contribution in [0.4, 0.5) is 5.69 Å². The smallest absolute Gasteiger partial charge is 0.176 e. The molecule has 1 N–H and O–H groups in total. The van der Waals surface area contributed by atoms with E-state index in [1.165, 1.54) is 12.8 Å². The molecule has 2 unspecified atom stereocenters. The first kappa shape index (κ1) is 14.4. The number of benzene rings is 1. The highest BCUT2D eigenvalue weighted by Gasteiger charge is 2.21. The maximum Gasteiger partial charge on any atom is 0.176 e. The lowest BCUT2D eigenvalue weighted by Crippen LogP contribution is -2.38. The van der Waals surface area contributed by atoms with Crippen LogP contribution in [0.3, 0.4) is 0 Å². The number of likely N-dealkylation sites (tertiary alicyclic amines) is 1. The highest BCUT2D eigenvalue weighted by atomic mass is 16.5.